The van der Waals surface area contributed by atoms with Crippen LogP contribution in [0.1, 0.15) is 32.8 Å². The molecule has 1 rings (SSSR count). The summed E-state index contributed by atoms with van der Waals surface area (Å²) in [5.41, 5.74) is 7.75. The molecule has 0 heterocycles. The highest BCUT2D eigenvalue weighted by Crippen LogP contribution is 2.27. The molecule has 86 valence electrons. The fraction of sp³-hybridized carbons (Fsp3) is 0.357. The number of nitrogens with two attached hydrogens (primary N) is 1. The van der Waals surface area contributed by atoms with E-state index in [4.69, 9.17) is 5.73 Å². The first kappa shape index (κ1) is 12.5. The third kappa shape index (κ3) is 2.72. The molecule has 0 unspecified atom stereocenters. The Morgan fingerprint density at radius 2 is 1.81 bits per heavy atom. The normalized spacial score (nSPS) is 11.2. The van der Waals surface area contributed by atoms with Crippen LogP contribution in [0, 0.1) is 0 Å². The second-order valence-corrected chi connectivity index (χ2v) is 4.80. The molecule has 0 aliphatic rings. The number of hydrogen-bond acceptors (Lipinski definition) is 2. The molecule has 2 nitrogen and oxygen atoms in total. The molecule has 0 saturated carbocycles. The highest BCUT2D eigenvalue weighted by molar-refractivity contribution is 5.90. The molecular formula is C14H19NO. The van der Waals surface area contributed by atoms with Crippen molar-refractivity contribution in [3.05, 3.63) is 42.0 Å². The van der Waals surface area contributed by atoms with Crippen LogP contribution in [0.2, 0.25) is 0 Å². The molecule has 0 aliphatic carbocycles. The molecule has 2 N–H and O–H groups in total. The minimum absolute atomic E-state index is 0.185. The van der Waals surface area contributed by atoms with Crippen molar-refractivity contribution in [2.24, 2.45) is 0 Å². The van der Waals surface area contributed by atoms with Gasteiger partial charge in [0.2, 0.25) is 0 Å². The van der Waals surface area contributed by atoms with E-state index in [2.05, 4.69) is 6.58 Å². The highest BCUT2D eigenvalue weighted by atomic mass is 16.1. The van der Waals surface area contributed by atoms with Crippen molar-refractivity contribution >= 4 is 11.5 Å². The van der Waals surface area contributed by atoms with Crippen LogP contribution in [0.15, 0.2) is 36.4 Å². The van der Waals surface area contributed by atoms with Gasteiger partial charge in [-0.15, -0.1) is 0 Å². The van der Waals surface area contributed by atoms with Crippen LogP contribution in [0.3, 0.4) is 0 Å². The number of allylic oxidation sites excluding steroid dienone is 1. The summed E-state index contributed by atoms with van der Waals surface area (Å²) in [4.78, 5) is 12.1. The molecule has 1 aromatic rings. The lowest BCUT2D eigenvalue weighted by Crippen LogP contribution is -2.29. The van der Waals surface area contributed by atoms with E-state index < -0.39 is 5.41 Å². The topological polar surface area (TPSA) is 43.1 Å². The van der Waals surface area contributed by atoms with Crippen molar-refractivity contribution in [2.75, 3.05) is 5.73 Å². The van der Waals surface area contributed by atoms with Crippen LogP contribution in [0.5, 0.6) is 0 Å². The van der Waals surface area contributed by atoms with E-state index in [1.807, 2.05) is 45.0 Å². The van der Waals surface area contributed by atoms with Gasteiger partial charge < -0.3 is 5.73 Å². The largest absolute Gasteiger partial charge is 0.399 e. The average Bonchev–Trinajstić information content (AvgIpc) is 2.17. The molecule has 0 spiro atoms. The van der Waals surface area contributed by atoms with E-state index in [9.17, 15) is 4.79 Å². The smallest absolute Gasteiger partial charge is 0.146 e. The summed E-state index contributed by atoms with van der Waals surface area (Å²) in [5.74, 6) is 0.185. The van der Waals surface area contributed by atoms with Crippen molar-refractivity contribution in [1.29, 1.82) is 0 Å². The molecule has 16 heavy (non-hydrogen) atoms. The van der Waals surface area contributed by atoms with Crippen molar-refractivity contribution in [3.8, 4) is 0 Å². The molecule has 0 amide bonds. The average molecular weight is 217 g/mol. The van der Waals surface area contributed by atoms with Gasteiger partial charge in [-0.25, -0.2) is 0 Å². The van der Waals surface area contributed by atoms with E-state index in [0.29, 0.717) is 12.1 Å². The Bertz CT molecular complexity index is 401. The Morgan fingerprint density at radius 1 is 1.31 bits per heavy atom. The monoisotopic (exact) mass is 217 g/mol. The fourth-order valence-electron chi connectivity index (χ4n) is 1.56. The first-order valence-electron chi connectivity index (χ1n) is 5.37. The molecule has 0 aliphatic heterocycles. The van der Waals surface area contributed by atoms with Gasteiger partial charge in [0.05, 0.1) is 0 Å². The summed E-state index contributed by atoms with van der Waals surface area (Å²) >= 11 is 0. The second kappa shape index (κ2) is 4.52. The maximum atomic E-state index is 12.1. The van der Waals surface area contributed by atoms with Gasteiger partial charge in [-0.3, -0.25) is 4.79 Å². The predicted molar refractivity (Wildman–Crippen MR) is 68.3 cm³/mol. The summed E-state index contributed by atoms with van der Waals surface area (Å²) in [7, 11) is 0. The molecule has 2 heteroatoms. The van der Waals surface area contributed by atoms with Crippen LogP contribution in [0.25, 0.3) is 0 Å². The van der Waals surface area contributed by atoms with E-state index in [0.717, 1.165) is 11.1 Å². The van der Waals surface area contributed by atoms with E-state index >= 15 is 0 Å². The zero-order chi connectivity index (χ0) is 12.3. The Hall–Kier alpha value is -1.57. The first-order valence-corrected chi connectivity index (χ1v) is 5.37. The van der Waals surface area contributed by atoms with Gasteiger partial charge in [0.15, 0.2) is 0 Å². The van der Waals surface area contributed by atoms with Crippen molar-refractivity contribution in [2.45, 2.75) is 32.6 Å². The SMILES string of the molecule is C=C(C)CC(=O)C(C)(C)c1ccc(N)cc1. The Kier molecular flexibility index (Phi) is 3.53. The van der Waals surface area contributed by atoms with Gasteiger partial charge in [-0.2, -0.15) is 0 Å². The van der Waals surface area contributed by atoms with Gasteiger partial charge in [-0.05, 0) is 38.5 Å². The number of hydrogen-bond donors (Lipinski definition) is 1. The Balaban J connectivity index is 2.96. The van der Waals surface area contributed by atoms with Crippen molar-refractivity contribution in [3.63, 3.8) is 0 Å². The van der Waals surface area contributed by atoms with Gasteiger partial charge in [0.25, 0.3) is 0 Å². The molecule has 0 bridgehead atoms. The summed E-state index contributed by atoms with van der Waals surface area (Å²) in [6.45, 7) is 9.52. The number of Topliss-reactive ketones (excluding diaryl/α,β-unsaturated/α-hetero) is 1. The van der Waals surface area contributed by atoms with Crippen LogP contribution >= 0.6 is 0 Å². The molecule has 1 aromatic carbocycles. The number of nitrogen functional groups attached to an aromatic ring is 1. The maximum absolute atomic E-state index is 12.1. The summed E-state index contributed by atoms with van der Waals surface area (Å²) in [6, 6.07) is 7.47. The summed E-state index contributed by atoms with van der Waals surface area (Å²) in [5, 5.41) is 0. The Morgan fingerprint density at radius 3 is 2.25 bits per heavy atom. The lowest BCUT2D eigenvalue weighted by Gasteiger charge is -2.24. The molecule has 0 radical (unpaired) electrons. The number of carbonyl (C=O) groups is 1. The molecule has 0 saturated heterocycles. The van der Waals surface area contributed by atoms with Crippen LogP contribution in [-0.4, -0.2) is 5.78 Å². The van der Waals surface area contributed by atoms with Gasteiger partial charge in [-0.1, -0.05) is 24.3 Å². The van der Waals surface area contributed by atoms with Crippen LogP contribution in [0.4, 0.5) is 5.69 Å². The minimum Gasteiger partial charge on any atom is -0.399 e. The number of rotatable bonds is 4. The zero-order valence-corrected chi connectivity index (χ0v) is 10.2. The fourth-order valence-corrected chi connectivity index (χ4v) is 1.56. The van der Waals surface area contributed by atoms with Crippen molar-refractivity contribution < 1.29 is 4.79 Å². The van der Waals surface area contributed by atoms with Gasteiger partial charge >= 0.3 is 0 Å². The van der Waals surface area contributed by atoms with Crippen LogP contribution in [-0.2, 0) is 10.2 Å². The van der Waals surface area contributed by atoms with E-state index in [-0.39, 0.29) is 5.78 Å². The van der Waals surface area contributed by atoms with Gasteiger partial charge in [0.1, 0.15) is 5.78 Å². The van der Waals surface area contributed by atoms with E-state index in [1.54, 1.807) is 0 Å². The number of carbonyl (C=O) groups excluding carboxylic acids is 1. The maximum Gasteiger partial charge on any atom is 0.146 e. The third-order valence-corrected chi connectivity index (χ3v) is 2.79. The molecule has 0 aromatic heterocycles. The third-order valence-electron chi connectivity index (χ3n) is 2.79. The quantitative estimate of drug-likeness (QED) is 0.622. The van der Waals surface area contributed by atoms with Crippen molar-refractivity contribution in [1.82, 2.24) is 0 Å². The standard InChI is InChI=1S/C14H19NO/c1-10(2)9-13(16)14(3,4)11-5-7-12(15)8-6-11/h5-8H,1,9,15H2,2-4H3. The molecular weight excluding hydrogens is 198 g/mol. The van der Waals surface area contributed by atoms with E-state index in [1.165, 1.54) is 0 Å². The minimum atomic E-state index is -0.480. The molecule has 0 fully saturated rings. The van der Waals surface area contributed by atoms with Gasteiger partial charge in [0, 0.05) is 17.5 Å². The first-order chi connectivity index (χ1) is 7.34. The highest BCUT2D eigenvalue weighted by Gasteiger charge is 2.28. The lowest BCUT2D eigenvalue weighted by atomic mass is 9.78. The molecule has 0 atom stereocenters. The summed E-state index contributed by atoms with van der Waals surface area (Å²) < 4.78 is 0. The number of anilines is 1. The second-order valence-electron chi connectivity index (χ2n) is 4.80. The number of benzene rings is 1. The lowest BCUT2D eigenvalue weighted by molar-refractivity contribution is -0.122. The van der Waals surface area contributed by atoms with Crippen LogP contribution < -0.4 is 5.73 Å². The zero-order valence-electron chi connectivity index (χ0n) is 10.2. The summed E-state index contributed by atoms with van der Waals surface area (Å²) in [6.07, 6.45) is 0.428. The Labute approximate surface area is 97.2 Å². The number of ketones is 1. The predicted octanol–water partition coefficient (Wildman–Crippen LogP) is 3.08.